The van der Waals surface area contributed by atoms with Gasteiger partial charge in [-0.25, -0.2) is 9.78 Å². The van der Waals surface area contributed by atoms with Crippen LogP contribution in [0.5, 0.6) is 0 Å². The largest absolute Gasteiger partial charge is 0.476 e. The summed E-state index contributed by atoms with van der Waals surface area (Å²) in [6, 6.07) is 0. The number of carboxylic acid groups (broad SMARTS) is 1. The van der Waals surface area contributed by atoms with Crippen molar-refractivity contribution in [2.75, 3.05) is 13.1 Å². The molecule has 1 saturated heterocycles. The fourth-order valence-corrected chi connectivity index (χ4v) is 3.23. The molecule has 0 aliphatic carbocycles. The minimum atomic E-state index is -0.879. The van der Waals surface area contributed by atoms with Gasteiger partial charge >= 0.3 is 5.97 Å². The standard InChI is InChI=1S/C14H21N3O2/c18-14(19)13-11-6-2-5-9-17(11)12(15-13)10-16-7-3-1-4-8-16/h1-10H2,(H,18,19). The van der Waals surface area contributed by atoms with Crippen LogP contribution >= 0.6 is 0 Å². The van der Waals surface area contributed by atoms with Gasteiger partial charge in [0.2, 0.25) is 0 Å². The number of rotatable bonds is 3. The molecule has 1 fully saturated rings. The van der Waals surface area contributed by atoms with Crippen LogP contribution in [0.3, 0.4) is 0 Å². The molecule has 3 heterocycles. The Morgan fingerprint density at radius 1 is 1.11 bits per heavy atom. The Kier molecular flexibility index (Phi) is 3.55. The van der Waals surface area contributed by atoms with E-state index in [9.17, 15) is 9.90 Å². The third-order valence-electron chi connectivity index (χ3n) is 4.21. The molecule has 0 amide bonds. The van der Waals surface area contributed by atoms with Gasteiger partial charge in [0, 0.05) is 6.54 Å². The van der Waals surface area contributed by atoms with Crippen LogP contribution in [-0.2, 0) is 19.5 Å². The number of carboxylic acids is 1. The van der Waals surface area contributed by atoms with Crippen molar-refractivity contribution >= 4 is 5.97 Å². The van der Waals surface area contributed by atoms with Crippen LogP contribution in [0.4, 0.5) is 0 Å². The predicted octanol–water partition coefficient (Wildman–Crippen LogP) is 1.90. The molecule has 2 aliphatic rings. The first kappa shape index (κ1) is 12.7. The molecule has 0 radical (unpaired) electrons. The molecule has 5 nitrogen and oxygen atoms in total. The molecule has 1 aromatic heterocycles. The van der Waals surface area contributed by atoms with Gasteiger partial charge in [0.15, 0.2) is 5.69 Å². The molecule has 104 valence electrons. The molecule has 0 aromatic carbocycles. The lowest BCUT2D eigenvalue weighted by atomic mass is 10.1. The van der Waals surface area contributed by atoms with Gasteiger partial charge in [-0.3, -0.25) is 4.90 Å². The van der Waals surface area contributed by atoms with E-state index in [0.29, 0.717) is 0 Å². The van der Waals surface area contributed by atoms with Crippen LogP contribution in [0.2, 0.25) is 0 Å². The van der Waals surface area contributed by atoms with E-state index in [-0.39, 0.29) is 5.69 Å². The molecule has 3 rings (SSSR count). The molecule has 0 unspecified atom stereocenters. The average Bonchev–Trinajstić information content (AvgIpc) is 2.79. The first-order chi connectivity index (χ1) is 9.25. The van der Waals surface area contributed by atoms with E-state index in [1.807, 2.05) is 0 Å². The molecule has 0 bridgehead atoms. The van der Waals surface area contributed by atoms with Gasteiger partial charge in [0.25, 0.3) is 0 Å². The zero-order valence-electron chi connectivity index (χ0n) is 11.3. The SMILES string of the molecule is O=C(O)c1nc(CN2CCCCC2)n2c1CCCC2. The molecular weight excluding hydrogens is 242 g/mol. The fourth-order valence-electron chi connectivity index (χ4n) is 3.23. The zero-order valence-corrected chi connectivity index (χ0v) is 11.3. The quantitative estimate of drug-likeness (QED) is 0.905. The molecule has 0 saturated carbocycles. The van der Waals surface area contributed by atoms with Gasteiger partial charge in [-0.15, -0.1) is 0 Å². The van der Waals surface area contributed by atoms with Crippen molar-refractivity contribution in [1.29, 1.82) is 0 Å². The molecule has 1 aromatic rings. The maximum atomic E-state index is 11.3. The zero-order chi connectivity index (χ0) is 13.2. The second-order valence-electron chi connectivity index (χ2n) is 5.57. The highest BCUT2D eigenvalue weighted by atomic mass is 16.4. The minimum absolute atomic E-state index is 0.284. The summed E-state index contributed by atoms with van der Waals surface area (Å²) in [4.78, 5) is 18.1. The summed E-state index contributed by atoms with van der Waals surface area (Å²) < 4.78 is 2.15. The summed E-state index contributed by atoms with van der Waals surface area (Å²) in [6.07, 6.45) is 6.88. The van der Waals surface area contributed by atoms with E-state index in [4.69, 9.17) is 0 Å². The van der Waals surface area contributed by atoms with Crippen molar-refractivity contribution in [2.24, 2.45) is 0 Å². The van der Waals surface area contributed by atoms with Crippen LogP contribution in [0, 0.1) is 0 Å². The van der Waals surface area contributed by atoms with Gasteiger partial charge in [-0.2, -0.15) is 0 Å². The van der Waals surface area contributed by atoms with Crippen molar-refractivity contribution in [3.8, 4) is 0 Å². The van der Waals surface area contributed by atoms with E-state index in [2.05, 4.69) is 14.5 Å². The van der Waals surface area contributed by atoms with Gasteiger partial charge in [-0.1, -0.05) is 6.42 Å². The van der Waals surface area contributed by atoms with Crippen molar-refractivity contribution in [3.63, 3.8) is 0 Å². The fraction of sp³-hybridized carbons (Fsp3) is 0.714. The predicted molar refractivity (Wildman–Crippen MR) is 71.3 cm³/mol. The smallest absolute Gasteiger partial charge is 0.356 e. The number of fused-ring (bicyclic) bond motifs is 1. The Bertz CT molecular complexity index is 475. The van der Waals surface area contributed by atoms with Gasteiger partial charge < -0.3 is 9.67 Å². The monoisotopic (exact) mass is 263 g/mol. The average molecular weight is 263 g/mol. The van der Waals surface area contributed by atoms with E-state index < -0.39 is 5.97 Å². The summed E-state index contributed by atoms with van der Waals surface area (Å²) in [5, 5.41) is 9.27. The van der Waals surface area contributed by atoms with E-state index >= 15 is 0 Å². The van der Waals surface area contributed by atoms with Crippen molar-refractivity contribution < 1.29 is 9.90 Å². The molecule has 19 heavy (non-hydrogen) atoms. The molecule has 2 aliphatic heterocycles. The number of nitrogens with zero attached hydrogens (tertiary/aromatic N) is 3. The van der Waals surface area contributed by atoms with Crippen LogP contribution in [0.25, 0.3) is 0 Å². The second kappa shape index (κ2) is 5.33. The Balaban J connectivity index is 1.85. The summed E-state index contributed by atoms with van der Waals surface area (Å²) in [5.41, 5.74) is 1.22. The lowest BCUT2D eigenvalue weighted by Crippen LogP contribution is -2.30. The highest BCUT2D eigenvalue weighted by molar-refractivity contribution is 5.86. The van der Waals surface area contributed by atoms with Crippen molar-refractivity contribution in [2.45, 2.75) is 51.6 Å². The van der Waals surface area contributed by atoms with Crippen LogP contribution in [0.15, 0.2) is 0 Å². The summed E-state index contributed by atoms with van der Waals surface area (Å²) in [6.45, 7) is 3.97. The van der Waals surface area contributed by atoms with Gasteiger partial charge in [-0.05, 0) is 45.2 Å². The van der Waals surface area contributed by atoms with Gasteiger partial charge in [0.05, 0.1) is 12.2 Å². The topological polar surface area (TPSA) is 58.4 Å². The first-order valence-corrected chi connectivity index (χ1v) is 7.29. The highest BCUT2D eigenvalue weighted by Gasteiger charge is 2.25. The number of piperidine rings is 1. The Hall–Kier alpha value is -1.36. The van der Waals surface area contributed by atoms with Crippen LogP contribution in [0.1, 0.15) is 54.1 Å². The molecule has 1 N–H and O–H groups in total. The van der Waals surface area contributed by atoms with Crippen molar-refractivity contribution in [3.05, 3.63) is 17.2 Å². The number of likely N-dealkylation sites (tertiary alicyclic amines) is 1. The Morgan fingerprint density at radius 3 is 2.58 bits per heavy atom. The lowest BCUT2D eigenvalue weighted by Gasteiger charge is -2.27. The number of aromatic nitrogens is 2. The Morgan fingerprint density at radius 2 is 1.84 bits per heavy atom. The molecule has 5 heteroatoms. The Labute approximate surface area is 113 Å². The number of imidazole rings is 1. The number of carbonyl (C=O) groups is 1. The van der Waals surface area contributed by atoms with E-state index in [1.165, 1.54) is 19.3 Å². The summed E-state index contributed by atoms with van der Waals surface area (Å²) in [5.74, 6) is 0.0737. The first-order valence-electron chi connectivity index (χ1n) is 7.29. The molecular formula is C14H21N3O2. The lowest BCUT2D eigenvalue weighted by molar-refractivity contribution is 0.0689. The number of hydrogen-bond donors (Lipinski definition) is 1. The van der Waals surface area contributed by atoms with Crippen molar-refractivity contribution in [1.82, 2.24) is 14.5 Å². The van der Waals surface area contributed by atoms with E-state index in [0.717, 1.165) is 57.0 Å². The normalized spacial score (nSPS) is 20.2. The van der Waals surface area contributed by atoms with Crippen LogP contribution < -0.4 is 0 Å². The maximum Gasteiger partial charge on any atom is 0.356 e. The third kappa shape index (κ3) is 2.52. The maximum absolute atomic E-state index is 11.3. The summed E-state index contributed by atoms with van der Waals surface area (Å²) in [7, 11) is 0. The van der Waals surface area contributed by atoms with E-state index in [1.54, 1.807) is 0 Å². The molecule has 0 spiro atoms. The minimum Gasteiger partial charge on any atom is -0.476 e. The number of aromatic carboxylic acids is 1. The van der Waals surface area contributed by atoms with Crippen LogP contribution in [-0.4, -0.2) is 38.6 Å². The number of hydrogen-bond acceptors (Lipinski definition) is 3. The third-order valence-corrected chi connectivity index (χ3v) is 4.21. The second-order valence-corrected chi connectivity index (χ2v) is 5.57. The summed E-state index contributed by atoms with van der Waals surface area (Å²) >= 11 is 0. The van der Waals surface area contributed by atoms with Gasteiger partial charge in [0.1, 0.15) is 5.82 Å². The highest BCUT2D eigenvalue weighted by Crippen LogP contribution is 2.22. The molecule has 0 atom stereocenters.